The van der Waals surface area contributed by atoms with Crippen molar-refractivity contribution in [2.45, 2.75) is 6.42 Å². The molecule has 1 heterocycles. The van der Waals surface area contributed by atoms with E-state index in [0.29, 0.717) is 6.42 Å². The van der Waals surface area contributed by atoms with E-state index in [2.05, 4.69) is 9.71 Å². The van der Waals surface area contributed by atoms with Gasteiger partial charge in [-0.25, -0.2) is 12.8 Å². The summed E-state index contributed by atoms with van der Waals surface area (Å²) in [6, 6.07) is 1.26. The van der Waals surface area contributed by atoms with Crippen LogP contribution in [0.2, 0.25) is 0 Å². The molecule has 0 aliphatic carbocycles. The van der Waals surface area contributed by atoms with Gasteiger partial charge in [0.05, 0.1) is 17.6 Å². The second-order valence-corrected chi connectivity index (χ2v) is 5.04. The summed E-state index contributed by atoms with van der Waals surface area (Å²) in [5.41, 5.74) is -0.0976. The van der Waals surface area contributed by atoms with E-state index in [1.807, 2.05) is 0 Å². The standard InChI is InChI=1S/C8H10ClFN2O2S/c9-3-1-5-15(13,14)12-8-2-4-11-6-7(8)10/h2,4,6H,1,3,5H2,(H,11,12). The van der Waals surface area contributed by atoms with Crippen molar-refractivity contribution in [2.24, 2.45) is 0 Å². The number of pyridine rings is 1. The Labute approximate surface area is 92.5 Å². The van der Waals surface area contributed by atoms with Gasteiger partial charge in [0, 0.05) is 12.1 Å². The van der Waals surface area contributed by atoms with Crippen molar-refractivity contribution < 1.29 is 12.8 Å². The normalized spacial score (nSPS) is 11.3. The molecule has 0 aliphatic heterocycles. The van der Waals surface area contributed by atoms with Crippen molar-refractivity contribution in [3.05, 3.63) is 24.3 Å². The minimum Gasteiger partial charge on any atom is -0.280 e. The number of alkyl halides is 1. The Bertz CT molecular complexity index is 424. The number of anilines is 1. The van der Waals surface area contributed by atoms with Crippen molar-refractivity contribution in [3.63, 3.8) is 0 Å². The van der Waals surface area contributed by atoms with E-state index in [1.165, 1.54) is 12.3 Å². The zero-order valence-electron chi connectivity index (χ0n) is 7.78. The SMILES string of the molecule is O=S(=O)(CCCCl)Nc1ccncc1F. The first kappa shape index (κ1) is 12.2. The molecule has 0 fully saturated rings. The Morgan fingerprint density at radius 1 is 1.53 bits per heavy atom. The quantitative estimate of drug-likeness (QED) is 0.810. The van der Waals surface area contributed by atoms with E-state index in [1.54, 1.807) is 0 Å². The summed E-state index contributed by atoms with van der Waals surface area (Å²) in [7, 11) is -3.52. The molecule has 0 radical (unpaired) electrons. The molecule has 0 saturated carbocycles. The molecule has 0 saturated heterocycles. The average molecular weight is 253 g/mol. The number of hydrogen-bond donors (Lipinski definition) is 1. The Morgan fingerprint density at radius 3 is 2.87 bits per heavy atom. The van der Waals surface area contributed by atoms with Crippen LogP contribution in [0.4, 0.5) is 10.1 Å². The van der Waals surface area contributed by atoms with Gasteiger partial charge in [-0.05, 0) is 12.5 Å². The van der Waals surface area contributed by atoms with Crippen LogP contribution in [0.3, 0.4) is 0 Å². The predicted molar refractivity (Wildman–Crippen MR) is 56.9 cm³/mol. The monoisotopic (exact) mass is 252 g/mol. The molecule has 0 spiro atoms. The van der Waals surface area contributed by atoms with Crippen LogP contribution in [-0.4, -0.2) is 25.0 Å². The molecular weight excluding hydrogens is 243 g/mol. The lowest BCUT2D eigenvalue weighted by Gasteiger charge is -2.07. The maximum atomic E-state index is 13.0. The Kier molecular flexibility index (Phi) is 4.28. The van der Waals surface area contributed by atoms with Gasteiger partial charge in [0.15, 0.2) is 5.82 Å². The van der Waals surface area contributed by atoms with Crippen LogP contribution < -0.4 is 4.72 Å². The van der Waals surface area contributed by atoms with Gasteiger partial charge in [-0.15, -0.1) is 11.6 Å². The number of nitrogens with zero attached hydrogens (tertiary/aromatic N) is 1. The summed E-state index contributed by atoms with van der Waals surface area (Å²) >= 11 is 5.37. The third kappa shape index (κ3) is 4.01. The lowest BCUT2D eigenvalue weighted by Crippen LogP contribution is -2.17. The zero-order valence-corrected chi connectivity index (χ0v) is 9.35. The molecule has 1 N–H and O–H groups in total. The van der Waals surface area contributed by atoms with E-state index in [4.69, 9.17) is 11.6 Å². The van der Waals surface area contributed by atoms with Crippen LogP contribution in [0.5, 0.6) is 0 Å². The van der Waals surface area contributed by atoms with Crippen LogP contribution in [0.15, 0.2) is 18.5 Å². The largest absolute Gasteiger partial charge is 0.280 e. The molecule has 0 aliphatic rings. The molecule has 0 amide bonds. The van der Waals surface area contributed by atoms with Gasteiger partial charge in [-0.1, -0.05) is 0 Å². The maximum absolute atomic E-state index is 13.0. The van der Waals surface area contributed by atoms with Crippen LogP contribution in [0, 0.1) is 5.82 Å². The molecule has 1 aromatic rings. The fraction of sp³-hybridized carbons (Fsp3) is 0.375. The fourth-order valence-electron chi connectivity index (χ4n) is 0.921. The number of aromatic nitrogens is 1. The highest BCUT2D eigenvalue weighted by Gasteiger charge is 2.12. The highest BCUT2D eigenvalue weighted by atomic mass is 35.5. The van der Waals surface area contributed by atoms with E-state index < -0.39 is 15.8 Å². The first-order valence-electron chi connectivity index (χ1n) is 4.21. The summed E-state index contributed by atoms with van der Waals surface area (Å²) in [6.45, 7) is 0. The summed E-state index contributed by atoms with van der Waals surface area (Å²) in [5.74, 6) is -0.579. The van der Waals surface area contributed by atoms with Crippen molar-refractivity contribution in [3.8, 4) is 0 Å². The Morgan fingerprint density at radius 2 is 2.27 bits per heavy atom. The predicted octanol–water partition coefficient (Wildman–Crippen LogP) is 1.59. The molecule has 15 heavy (non-hydrogen) atoms. The molecule has 7 heteroatoms. The van der Waals surface area contributed by atoms with Gasteiger partial charge < -0.3 is 0 Å². The number of nitrogens with one attached hydrogen (secondary N) is 1. The van der Waals surface area contributed by atoms with Gasteiger partial charge in [0.25, 0.3) is 0 Å². The lowest BCUT2D eigenvalue weighted by molar-refractivity contribution is 0.597. The molecule has 1 aromatic heterocycles. The van der Waals surface area contributed by atoms with E-state index in [9.17, 15) is 12.8 Å². The molecule has 1 rings (SSSR count). The van der Waals surface area contributed by atoms with Crippen molar-refractivity contribution in [1.82, 2.24) is 4.98 Å². The Hall–Kier alpha value is -0.880. The highest BCUT2D eigenvalue weighted by molar-refractivity contribution is 7.92. The summed E-state index contributed by atoms with van der Waals surface area (Å²) in [5, 5.41) is 0. The van der Waals surface area contributed by atoms with Crippen LogP contribution in [-0.2, 0) is 10.0 Å². The summed E-state index contributed by atoms with van der Waals surface area (Å²) in [6.07, 6.45) is 2.57. The number of sulfonamides is 1. The first-order chi connectivity index (χ1) is 7.05. The topological polar surface area (TPSA) is 59.1 Å². The van der Waals surface area contributed by atoms with E-state index >= 15 is 0 Å². The molecule has 0 unspecified atom stereocenters. The van der Waals surface area contributed by atoms with Gasteiger partial charge >= 0.3 is 0 Å². The van der Waals surface area contributed by atoms with E-state index in [-0.39, 0.29) is 17.3 Å². The third-order valence-electron chi connectivity index (χ3n) is 1.58. The molecule has 4 nitrogen and oxygen atoms in total. The smallest absolute Gasteiger partial charge is 0.232 e. The molecule has 0 atom stereocenters. The highest BCUT2D eigenvalue weighted by Crippen LogP contribution is 2.13. The molecule has 0 bridgehead atoms. The number of rotatable bonds is 5. The fourth-order valence-corrected chi connectivity index (χ4v) is 2.34. The second kappa shape index (κ2) is 5.27. The third-order valence-corrected chi connectivity index (χ3v) is 3.21. The minimum atomic E-state index is -3.52. The molecule has 0 aromatic carbocycles. The molecular formula is C8H10ClFN2O2S. The van der Waals surface area contributed by atoms with Crippen LogP contribution >= 0.6 is 11.6 Å². The van der Waals surface area contributed by atoms with Crippen molar-refractivity contribution >= 4 is 27.3 Å². The zero-order chi connectivity index (χ0) is 11.3. The second-order valence-electron chi connectivity index (χ2n) is 2.82. The maximum Gasteiger partial charge on any atom is 0.232 e. The lowest BCUT2D eigenvalue weighted by atomic mass is 10.4. The van der Waals surface area contributed by atoms with E-state index in [0.717, 1.165) is 6.20 Å². The van der Waals surface area contributed by atoms with Gasteiger partial charge in [0.2, 0.25) is 10.0 Å². The van der Waals surface area contributed by atoms with Gasteiger partial charge in [0.1, 0.15) is 0 Å². The van der Waals surface area contributed by atoms with Crippen molar-refractivity contribution in [2.75, 3.05) is 16.4 Å². The van der Waals surface area contributed by atoms with Crippen molar-refractivity contribution in [1.29, 1.82) is 0 Å². The van der Waals surface area contributed by atoms with Crippen LogP contribution in [0.25, 0.3) is 0 Å². The Balaban J connectivity index is 2.74. The molecule has 84 valence electrons. The summed E-state index contributed by atoms with van der Waals surface area (Å²) in [4.78, 5) is 3.51. The minimum absolute atomic E-state index is 0.0976. The average Bonchev–Trinajstić information content (AvgIpc) is 2.18. The van der Waals surface area contributed by atoms with Gasteiger partial charge in [-0.2, -0.15) is 0 Å². The summed E-state index contributed by atoms with van der Waals surface area (Å²) < 4.78 is 37.9. The van der Waals surface area contributed by atoms with Gasteiger partial charge in [-0.3, -0.25) is 9.71 Å². The number of halogens is 2. The van der Waals surface area contributed by atoms with Crippen LogP contribution in [0.1, 0.15) is 6.42 Å². The number of hydrogen-bond acceptors (Lipinski definition) is 3. The first-order valence-corrected chi connectivity index (χ1v) is 6.40.